The molecule has 0 amide bonds. The van der Waals surface area contributed by atoms with Gasteiger partial charge in [-0.25, -0.2) is 4.79 Å². The molecule has 33 heavy (non-hydrogen) atoms. The van der Waals surface area contributed by atoms with E-state index in [4.69, 9.17) is 14.6 Å². The van der Waals surface area contributed by atoms with E-state index in [0.29, 0.717) is 12.5 Å². The molecule has 176 valence electrons. The molecule has 1 fully saturated rings. The molecule has 6 nitrogen and oxygen atoms in total. The Balaban J connectivity index is 1.25. The van der Waals surface area contributed by atoms with Crippen molar-refractivity contribution < 1.29 is 19.4 Å². The van der Waals surface area contributed by atoms with Crippen LogP contribution in [0.1, 0.15) is 48.0 Å². The predicted octanol–water partition coefficient (Wildman–Crippen LogP) is 5.02. The molecule has 4 rings (SSSR count). The fraction of sp³-hybridized carbons (Fsp3) is 0.444. The van der Waals surface area contributed by atoms with Crippen LogP contribution < -0.4 is 4.74 Å². The minimum atomic E-state index is -0.917. The highest BCUT2D eigenvalue weighted by atomic mass is 16.5. The number of para-hydroxylation sites is 1. The van der Waals surface area contributed by atoms with Gasteiger partial charge in [-0.05, 0) is 81.1 Å². The van der Waals surface area contributed by atoms with Crippen molar-refractivity contribution in [1.29, 1.82) is 0 Å². The molecule has 3 aromatic rings. The predicted molar refractivity (Wildman–Crippen MR) is 130 cm³/mol. The van der Waals surface area contributed by atoms with Gasteiger partial charge in [0.2, 0.25) is 0 Å². The third kappa shape index (κ3) is 5.95. The quantitative estimate of drug-likeness (QED) is 0.416. The van der Waals surface area contributed by atoms with Crippen LogP contribution in [-0.2, 0) is 11.3 Å². The number of rotatable bonds is 11. The molecule has 2 aromatic carbocycles. The molecule has 1 aromatic heterocycles. The van der Waals surface area contributed by atoms with Crippen LogP contribution in [0, 0.1) is 0 Å². The number of piperidine rings is 1. The topological polar surface area (TPSA) is 63.9 Å². The van der Waals surface area contributed by atoms with Crippen molar-refractivity contribution >= 4 is 16.9 Å². The Labute approximate surface area is 195 Å². The molecular formula is C27H34N2O4. The van der Waals surface area contributed by atoms with Crippen molar-refractivity contribution in [2.45, 2.75) is 38.6 Å². The van der Waals surface area contributed by atoms with Crippen LogP contribution in [0.4, 0.5) is 0 Å². The van der Waals surface area contributed by atoms with Gasteiger partial charge in [-0.1, -0.05) is 18.2 Å². The molecule has 0 unspecified atom stereocenters. The van der Waals surface area contributed by atoms with E-state index in [-0.39, 0.29) is 5.56 Å². The van der Waals surface area contributed by atoms with Crippen LogP contribution in [0.25, 0.3) is 10.9 Å². The summed E-state index contributed by atoms with van der Waals surface area (Å²) in [5.41, 5.74) is 3.07. The molecule has 1 saturated heterocycles. The molecule has 0 radical (unpaired) electrons. The van der Waals surface area contributed by atoms with Crippen LogP contribution >= 0.6 is 0 Å². The number of fused-ring (bicyclic) bond motifs is 1. The van der Waals surface area contributed by atoms with Crippen LogP contribution in [0.15, 0.2) is 54.7 Å². The first-order valence-electron chi connectivity index (χ1n) is 12.0. The third-order valence-corrected chi connectivity index (χ3v) is 6.52. The van der Waals surface area contributed by atoms with Crippen molar-refractivity contribution in [3.8, 4) is 5.75 Å². The maximum Gasteiger partial charge on any atom is 0.335 e. The van der Waals surface area contributed by atoms with E-state index >= 15 is 0 Å². The van der Waals surface area contributed by atoms with Gasteiger partial charge in [0.1, 0.15) is 5.75 Å². The number of ether oxygens (including phenoxy) is 2. The van der Waals surface area contributed by atoms with Crippen molar-refractivity contribution in [3.05, 3.63) is 65.9 Å². The number of carboxylic acids is 1. The highest BCUT2D eigenvalue weighted by Crippen LogP contribution is 2.34. The first kappa shape index (κ1) is 23.3. The van der Waals surface area contributed by atoms with Crippen molar-refractivity contribution in [2.24, 2.45) is 0 Å². The summed E-state index contributed by atoms with van der Waals surface area (Å²) in [5.74, 6) is 0.406. The van der Waals surface area contributed by atoms with Crippen LogP contribution in [0.5, 0.6) is 5.75 Å². The Bertz CT molecular complexity index is 1040. The monoisotopic (exact) mass is 450 g/mol. The Morgan fingerprint density at radius 1 is 1.03 bits per heavy atom. The van der Waals surface area contributed by atoms with E-state index in [1.807, 2.05) is 6.92 Å². The minimum absolute atomic E-state index is 0.280. The van der Waals surface area contributed by atoms with E-state index in [1.165, 1.54) is 29.3 Å². The number of nitrogens with zero attached hydrogens (tertiary/aromatic N) is 2. The Hall–Kier alpha value is -2.83. The Kier molecular flexibility index (Phi) is 8.02. The average molecular weight is 451 g/mol. The molecule has 0 atom stereocenters. The van der Waals surface area contributed by atoms with Crippen LogP contribution in [0.2, 0.25) is 0 Å². The summed E-state index contributed by atoms with van der Waals surface area (Å²) in [7, 11) is 0. The number of hydrogen-bond donors (Lipinski definition) is 1. The smallest absolute Gasteiger partial charge is 0.335 e. The molecular weight excluding hydrogens is 416 g/mol. The van der Waals surface area contributed by atoms with E-state index in [9.17, 15) is 4.79 Å². The van der Waals surface area contributed by atoms with Gasteiger partial charge in [-0.2, -0.15) is 0 Å². The van der Waals surface area contributed by atoms with Crippen molar-refractivity contribution in [2.75, 3.05) is 39.5 Å². The van der Waals surface area contributed by atoms with E-state index in [2.05, 4.69) is 39.9 Å². The largest absolute Gasteiger partial charge is 0.494 e. The Morgan fingerprint density at radius 2 is 1.79 bits per heavy atom. The Morgan fingerprint density at radius 3 is 2.52 bits per heavy atom. The van der Waals surface area contributed by atoms with Gasteiger partial charge in [0.25, 0.3) is 0 Å². The highest BCUT2D eigenvalue weighted by Gasteiger charge is 2.23. The summed E-state index contributed by atoms with van der Waals surface area (Å²) >= 11 is 0. The normalized spacial score (nSPS) is 15.2. The summed E-state index contributed by atoms with van der Waals surface area (Å²) in [6, 6.07) is 15.3. The summed E-state index contributed by atoms with van der Waals surface area (Å²) in [6.07, 6.45) is 5.67. The van der Waals surface area contributed by atoms with Gasteiger partial charge in [-0.3, -0.25) is 0 Å². The van der Waals surface area contributed by atoms with Crippen molar-refractivity contribution in [1.82, 2.24) is 9.47 Å². The second kappa shape index (κ2) is 11.3. The highest BCUT2D eigenvalue weighted by molar-refractivity contribution is 5.87. The molecule has 0 bridgehead atoms. The zero-order valence-corrected chi connectivity index (χ0v) is 19.4. The molecule has 6 heteroatoms. The zero-order valence-electron chi connectivity index (χ0n) is 19.4. The average Bonchev–Trinajstić information content (AvgIpc) is 3.21. The number of carboxylic acid groups (broad SMARTS) is 1. The fourth-order valence-corrected chi connectivity index (χ4v) is 4.73. The maximum atomic E-state index is 10.9. The standard InChI is InChI=1S/C27H34N2O4/c1-2-32-19-17-29-20-25(24-6-3-4-7-26(24)29)21-12-15-28(16-13-21)14-5-18-33-23-10-8-22(9-11-23)27(30)31/h3-4,6-11,20-21H,2,5,12-19H2,1H3,(H,30,31). The lowest BCUT2D eigenvalue weighted by atomic mass is 9.89. The number of likely N-dealkylation sites (tertiary alicyclic amines) is 1. The van der Waals surface area contributed by atoms with E-state index in [1.54, 1.807) is 24.3 Å². The second-order valence-electron chi connectivity index (χ2n) is 8.64. The summed E-state index contributed by atoms with van der Waals surface area (Å²) < 4.78 is 13.7. The van der Waals surface area contributed by atoms with Gasteiger partial charge in [0.15, 0.2) is 0 Å². The SMILES string of the molecule is CCOCCn1cc(C2CCN(CCCOc3ccc(C(=O)O)cc3)CC2)c2ccccc21. The fourth-order valence-electron chi connectivity index (χ4n) is 4.73. The number of aromatic carboxylic acids is 1. The number of hydrogen-bond acceptors (Lipinski definition) is 4. The van der Waals surface area contributed by atoms with Crippen LogP contribution in [0.3, 0.4) is 0 Å². The number of benzene rings is 2. The second-order valence-corrected chi connectivity index (χ2v) is 8.64. The molecule has 1 N–H and O–H groups in total. The number of carbonyl (C=O) groups is 1. The van der Waals surface area contributed by atoms with E-state index < -0.39 is 5.97 Å². The zero-order chi connectivity index (χ0) is 23.0. The lowest BCUT2D eigenvalue weighted by Crippen LogP contribution is -2.34. The van der Waals surface area contributed by atoms with E-state index in [0.717, 1.165) is 51.6 Å². The summed E-state index contributed by atoms with van der Waals surface area (Å²) in [6.45, 7) is 8.32. The molecule has 0 spiro atoms. The lowest BCUT2D eigenvalue weighted by molar-refractivity contribution is 0.0697. The molecule has 2 heterocycles. The van der Waals surface area contributed by atoms with Crippen molar-refractivity contribution in [3.63, 3.8) is 0 Å². The van der Waals surface area contributed by atoms with Gasteiger partial charge in [-0.15, -0.1) is 0 Å². The molecule has 0 aliphatic carbocycles. The van der Waals surface area contributed by atoms with Gasteiger partial charge >= 0.3 is 5.97 Å². The first-order chi connectivity index (χ1) is 16.2. The lowest BCUT2D eigenvalue weighted by Gasteiger charge is -2.32. The molecule has 1 aliphatic heterocycles. The summed E-state index contributed by atoms with van der Waals surface area (Å²) in [5, 5.41) is 10.4. The third-order valence-electron chi connectivity index (χ3n) is 6.52. The van der Waals surface area contributed by atoms with Crippen LogP contribution in [-0.4, -0.2) is 60.0 Å². The minimum Gasteiger partial charge on any atom is -0.494 e. The first-order valence-corrected chi connectivity index (χ1v) is 12.0. The number of aromatic nitrogens is 1. The van der Waals surface area contributed by atoms with Gasteiger partial charge in [0, 0.05) is 36.8 Å². The summed E-state index contributed by atoms with van der Waals surface area (Å²) in [4.78, 5) is 13.5. The maximum absolute atomic E-state index is 10.9. The van der Waals surface area contributed by atoms with Gasteiger partial charge in [0.05, 0.1) is 18.8 Å². The molecule has 0 saturated carbocycles. The van der Waals surface area contributed by atoms with Gasteiger partial charge < -0.3 is 24.0 Å². The molecule has 1 aliphatic rings.